The SMILES string of the molecule is CCc1cc2c3c([nH]c2cc1S(=O)(=O)N1CCN(c2cccc(OC)c2)CC1)CCCC3=O. The fraction of sp³-hybridized carbons (Fsp3) is 0.400. The summed E-state index contributed by atoms with van der Waals surface area (Å²) in [6.45, 7) is 4.02. The number of hydrogen-bond donors (Lipinski definition) is 1. The molecule has 1 aliphatic heterocycles. The molecule has 0 radical (unpaired) electrons. The molecule has 0 atom stereocenters. The van der Waals surface area contributed by atoms with Crippen molar-refractivity contribution >= 4 is 32.4 Å². The van der Waals surface area contributed by atoms with Gasteiger partial charge < -0.3 is 14.6 Å². The van der Waals surface area contributed by atoms with Gasteiger partial charge in [0.25, 0.3) is 0 Å². The molecule has 5 rings (SSSR count). The van der Waals surface area contributed by atoms with Gasteiger partial charge in [-0.25, -0.2) is 8.42 Å². The van der Waals surface area contributed by atoms with Gasteiger partial charge in [0.2, 0.25) is 10.0 Å². The Hall–Kier alpha value is -2.84. The van der Waals surface area contributed by atoms with Gasteiger partial charge in [-0.2, -0.15) is 4.31 Å². The lowest BCUT2D eigenvalue weighted by molar-refractivity contribution is 0.0974. The van der Waals surface area contributed by atoms with E-state index in [4.69, 9.17) is 4.74 Å². The van der Waals surface area contributed by atoms with Crippen molar-refractivity contribution in [3.63, 3.8) is 0 Å². The molecule has 0 spiro atoms. The first-order valence-electron chi connectivity index (χ1n) is 11.5. The minimum absolute atomic E-state index is 0.147. The number of ether oxygens (including phenoxy) is 1. The fourth-order valence-corrected chi connectivity index (χ4v) is 6.75. The topological polar surface area (TPSA) is 82.7 Å². The molecule has 2 aromatic carbocycles. The second-order valence-corrected chi connectivity index (χ2v) is 10.6. The minimum atomic E-state index is -3.65. The van der Waals surface area contributed by atoms with Crippen LogP contribution in [0.15, 0.2) is 41.3 Å². The number of benzene rings is 2. The van der Waals surface area contributed by atoms with Crippen molar-refractivity contribution in [2.75, 3.05) is 38.2 Å². The van der Waals surface area contributed by atoms with Crippen molar-refractivity contribution in [2.45, 2.75) is 37.5 Å². The van der Waals surface area contributed by atoms with E-state index in [0.717, 1.165) is 52.0 Å². The molecule has 2 aliphatic rings. The third kappa shape index (κ3) is 3.81. The third-order valence-corrected chi connectivity index (χ3v) is 8.80. The summed E-state index contributed by atoms with van der Waals surface area (Å²) in [5.74, 6) is 0.935. The first-order valence-corrected chi connectivity index (χ1v) is 13.0. The van der Waals surface area contributed by atoms with Crippen molar-refractivity contribution < 1.29 is 17.9 Å². The van der Waals surface area contributed by atoms with E-state index >= 15 is 0 Å². The highest BCUT2D eigenvalue weighted by Gasteiger charge is 2.32. The first-order chi connectivity index (χ1) is 15.9. The number of rotatable bonds is 5. The van der Waals surface area contributed by atoms with E-state index in [-0.39, 0.29) is 5.78 Å². The van der Waals surface area contributed by atoms with Crippen molar-refractivity contribution in [3.8, 4) is 5.75 Å². The lowest BCUT2D eigenvalue weighted by Crippen LogP contribution is -2.48. The van der Waals surface area contributed by atoms with Crippen molar-refractivity contribution in [1.82, 2.24) is 9.29 Å². The van der Waals surface area contributed by atoms with Crippen LogP contribution in [-0.4, -0.2) is 56.8 Å². The van der Waals surface area contributed by atoms with Crippen LogP contribution in [-0.2, 0) is 22.9 Å². The molecular weight excluding hydrogens is 438 g/mol. The highest BCUT2D eigenvalue weighted by Crippen LogP contribution is 2.34. The highest BCUT2D eigenvalue weighted by molar-refractivity contribution is 7.89. The Balaban J connectivity index is 1.44. The van der Waals surface area contributed by atoms with E-state index in [1.165, 1.54) is 0 Å². The Morgan fingerprint density at radius 1 is 1.06 bits per heavy atom. The molecule has 1 aliphatic carbocycles. The van der Waals surface area contributed by atoms with Gasteiger partial charge in [0.1, 0.15) is 5.75 Å². The molecule has 174 valence electrons. The Labute approximate surface area is 194 Å². The Bertz CT molecular complexity index is 1320. The van der Waals surface area contributed by atoms with Gasteiger partial charge >= 0.3 is 0 Å². The molecular formula is C25H29N3O4S. The lowest BCUT2D eigenvalue weighted by Gasteiger charge is -2.35. The molecule has 1 saturated heterocycles. The number of fused-ring (bicyclic) bond motifs is 3. The number of hydrogen-bond acceptors (Lipinski definition) is 5. The average molecular weight is 468 g/mol. The number of aromatic amines is 1. The molecule has 1 N–H and O–H groups in total. The number of Topliss-reactive ketones (excluding diaryl/α,β-unsaturated/α-hetero) is 1. The van der Waals surface area contributed by atoms with Gasteiger partial charge in [0.15, 0.2) is 5.78 Å². The zero-order valence-electron chi connectivity index (χ0n) is 19.1. The van der Waals surface area contributed by atoms with Crippen LogP contribution >= 0.6 is 0 Å². The maximum atomic E-state index is 13.7. The standard InChI is InChI=1S/C25H29N3O4S/c1-3-17-14-20-22(26-21-8-5-9-23(29)25(20)21)16-24(17)33(30,31)28-12-10-27(11-13-28)18-6-4-7-19(15-18)32-2/h4,6-7,14-16,26H,3,5,8-13H2,1-2H3. The summed E-state index contributed by atoms with van der Waals surface area (Å²) >= 11 is 0. The molecule has 0 amide bonds. The lowest BCUT2D eigenvalue weighted by atomic mass is 9.94. The maximum absolute atomic E-state index is 13.7. The molecule has 33 heavy (non-hydrogen) atoms. The maximum Gasteiger partial charge on any atom is 0.243 e. The average Bonchev–Trinajstić information content (AvgIpc) is 3.22. The first kappa shape index (κ1) is 22.0. The number of ketones is 1. The number of methoxy groups -OCH3 is 1. The van der Waals surface area contributed by atoms with Crippen LogP contribution in [0.3, 0.4) is 0 Å². The normalized spacial score (nSPS) is 17.4. The van der Waals surface area contributed by atoms with Crippen molar-refractivity contribution in [3.05, 3.63) is 53.2 Å². The largest absolute Gasteiger partial charge is 0.497 e. The summed E-state index contributed by atoms with van der Waals surface area (Å²) in [6.07, 6.45) is 2.80. The zero-order chi connectivity index (χ0) is 23.2. The van der Waals surface area contributed by atoms with Crippen LogP contribution < -0.4 is 9.64 Å². The van der Waals surface area contributed by atoms with Crippen LogP contribution in [0.4, 0.5) is 5.69 Å². The van der Waals surface area contributed by atoms with Crippen LogP contribution in [0.5, 0.6) is 5.75 Å². The number of carbonyl (C=O) groups excluding carboxylic acids is 1. The number of H-pyrrole nitrogens is 1. The third-order valence-electron chi connectivity index (χ3n) is 6.82. The second-order valence-electron chi connectivity index (χ2n) is 8.71. The van der Waals surface area contributed by atoms with Gasteiger partial charge in [0.05, 0.1) is 12.0 Å². The van der Waals surface area contributed by atoms with E-state index < -0.39 is 10.0 Å². The van der Waals surface area contributed by atoms with Gasteiger partial charge in [-0.3, -0.25) is 4.79 Å². The van der Waals surface area contributed by atoms with Crippen molar-refractivity contribution in [1.29, 1.82) is 0 Å². The predicted octanol–water partition coefficient (Wildman–Crippen LogP) is 3.77. The fourth-order valence-electron chi connectivity index (χ4n) is 5.03. The number of aryl methyl sites for hydroxylation is 2. The second kappa shape index (κ2) is 8.50. The van der Waals surface area contributed by atoms with Crippen molar-refractivity contribution in [2.24, 2.45) is 0 Å². The molecule has 0 saturated carbocycles. The van der Waals surface area contributed by atoms with Gasteiger partial charge in [-0.1, -0.05) is 13.0 Å². The molecule has 0 bridgehead atoms. The van der Waals surface area contributed by atoms with E-state index in [2.05, 4.69) is 9.88 Å². The Kier molecular flexibility index (Phi) is 5.66. The number of nitrogens with one attached hydrogen (secondary N) is 1. The van der Waals surface area contributed by atoms with E-state index in [9.17, 15) is 13.2 Å². The van der Waals surface area contributed by atoms with E-state index in [1.54, 1.807) is 17.5 Å². The molecule has 8 heteroatoms. The van der Waals surface area contributed by atoms with Gasteiger partial charge in [0, 0.05) is 66.5 Å². The number of aromatic nitrogens is 1. The number of anilines is 1. The monoisotopic (exact) mass is 467 g/mol. The molecule has 2 heterocycles. The number of sulfonamides is 1. The Morgan fingerprint density at radius 3 is 2.58 bits per heavy atom. The van der Waals surface area contributed by atoms with Crippen LogP contribution in [0.1, 0.15) is 41.4 Å². The number of carbonyl (C=O) groups is 1. The predicted molar refractivity (Wildman–Crippen MR) is 129 cm³/mol. The zero-order valence-corrected chi connectivity index (χ0v) is 19.9. The molecule has 3 aromatic rings. The molecule has 7 nitrogen and oxygen atoms in total. The highest BCUT2D eigenvalue weighted by atomic mass is 32.2. The molecule has 1 aromatic heterocycles. The van der Waals surface area contributed by atoms with Gasteiger partial charge in [-0.05, 0) is 49.1 Å². The van der Waals surface area contributed by atoms with E-state index in [1.807, 2.05) is 37.3 Å². The van der Waals surface area contributed by atoms with E-state index in [0.29, 0.717) is 43.9 Å². The summed E-state index contributed by atoms with van der Waals surface area (Å²) in [5, 5.41) is 0.855. The van der Waals surface area contributed by atoms with Crippen LogP contribution in [0, 0.1) is 0 Å². The minimum Gasteiger partial charge on any atom is -0.497 e. The molecule has 0 unspecified atom stereocenters. The van der Waals surface area contributed by atoms with Crippen LogP contribution in [0.2, 0.25) is 0 Å². The van der Waals surface area contributed by atoms with Crippen LogP contribution in [0.25, 0.3) is 10.9 Å². The summed E-state index contributed by atoms with van der Waals surface area (Å²) in [5.41, 5.74) is 4.22. The number of nitrogens with zero attached hydrogens (tertiary/aromatic N) is 2. The smallest absolute Gasteiger partial charge is 0.243 e. The summed E-state index contributed by atoms with van der Waals surface area (Å²) in [7, 11) is -2.01. The quantitative estimate of drug-likeness (QED) is 0.618. The van der Waals surface area contributed by atoms with Gasteiger partial charge in [-0.15, -0.1) is 0 Å². The summed E-state index contributed by atoms with van der Waals surface area (Å²) in [6, 6.07) is 11.5. The Morgan fingerprint density at radius 2 is 1.85 bits per heavy atom. The number of piperazine rings is 1. The summed E-state index contributed by atoms with van der Waals surface area (Å²) in [4.78, 5) is 18.4. The molecule has 1 fully saturated rings. The summed E-state index contributed by atoms with van der Waals surface area (Å²) < 4.78 is 34.2.